The predicted octanol–water partition coefficient (Wildman–Crippen LogP) is 2.63. The van der Waals surface area contributed by atoms with E-state index < -0.39 is 20.7 Å². The summed E-state index contributed by atoms with van der Waals surface area (Å²) in [7, 11) is -3.96. The predicted molar refractivity (Wildman–Crippen MR) is 94.8 cm³/mol. The van der Waals surface area contributed by atoms with E-state index in [1.165, 1.54) is 41.0 Å². The maximum atomic E-state index is 12.6. The average molecular weight is 377 g/mol. The smallest absolute Gasteiger partial charge is 0.408 e. The second-order valence-corrected chi connectivity index (χ2v) is 7.29. The van der Waals surface area contributed by atoms with Crippen LogP contribution in [0.25, 0.3) is 11.1 Å². The van der Waals surface area contributed by atoms with Crippen LogP contribution in [0.15, 0.2) is 50.5 Å². The Morgan fingerprint density at radius 3 is 2.58 bits per heavy atom. The van der Waals surface area contributed by atoms with Crippen LogP contribution in [0.3, 0.4) is 0 Å². The van der Waals surface area contributed by atoms with E-state index >= 15 is 0 Å². The van der Waals surface area contributed by atoms with Gasteiger partial charge in [0, 0.05) is 24.7 Å². The molecule has 1 N–H and O–H groups in total. The van der Waals surface area contributed by atoms with Gasteiger partial charge in [-0.3, -0.25) is 19.4 Å². The number of nitro benzene ring substituents is 1. The summed E-state index contributed by atoms with van der Waals surface area (Å²) in [6, 6.07) is 7.96. The molecule has 0 amide bonds. The molecule has 0 saturated heterocycles. The van der Waals surface area contributed by atoms with Crippen molar-refractivity contribution in [3.63, 3.8) is 0 Å². The Kier molecular flexibility index (Phi) is 4.28. The van der Waals surface area contributed by atoms with Gasteiger partial charge in [-0.05, 0) is 37.6 Å². The minimum absolute atomic E-state index is 0.0836. The van der Waals surface area contributed by atoms with Crippen LogP contribution in [-0.4, -0.2) is 17.9 Å². The molecule has 26 heavy (non-hydrogen) atoms. The van der Waals surface area contributed by atoms with Gasteiger partial charge >= 0.3 is 5.76 Å². The number of nitrogens with one attached hydrogen (secondary N) is 1. The van der Waals surface area contributed by atoms with Crippen LogP contribution in [0.4, 0.5) is 11.4 Å². The number of hydrogen-bond acceptors (Lipinski definition) is 6. The Bertz CT molecular complexity index is 1180. The third-order valence-electron chi connectivity index (χ3n) is 3.93. The third kappa shape index (κ3) is 3.06. The molecule has 0 bridgehead atoms. The molecule has 0 aliphatic heterocycles. The lowest BCUT2D eigenvalue weighted by Crippen LogP contribution is -2.14. The van der Waals surface area contributed by atoms with Crippen molar-refractivity contribution in [2.45, 2.75) is 25.3 Å². The largest absolute Gasteiger partial charge is 0.419 e. The molecule has 0 atom stereocenters. The first-order chi connectivity index (χ1) is 12.2. The lowest BCUT2D eigenvalue weighted by molar-refractivity contribution is -0.384. The number of aromatic nitrogens is 1. The summed E-state index contributed by atoms with van der Waals surface area (Å²) in [4.78, 5) is 21.9. The molecule has 0 spiro atoms. The first-order valence-corrected chi connectivity index (χ1v) is 9.12. The zero-order valence-corrected chi connectivity index (χ0v) is 14.7. The topological polar surface area (TPSA) is 124 Å². The quantitative estimate of drug-likeness (QED) is 0.538. The van der Waals surface area contributed by atoms with Gasteiger partial charge in [-0.15, -0.1) is 0 Å². The highest BCUT2D eigenvalue weighted by Crippen LogP contribution is 2.25. The van der Waals surface area contributed by atoms with Gasteiger partial charge in [0.15, 0.2) is 5.58 Å². The standard InChI is InChI=1S/C16H15N3O6S/c1-3-18-14-7-5-12(9-15(14)25-16(18)20)26(23,24)17-13-6-4-11(19(21)22)8-10(13)2/h4-9,17H,3H2,1-2H3. The molecule has 1 heterocycles. The first-order valence-electron chi connectivity index (χ1n) is 7.64. The first kappa shape index (κ1) is 17.7. The van der Waals surface area contributed by atoms with Gasteiger partial charge in [0.1, 0.15) is 0 Å². The second-order valence-electron chi connectivity index (χ2n) is 5.60. The summed E-state index contributed by atoms with van der Waals surface area (Å²) < 4.78 is 34.1. The molecule has 0 radical (unpaired) electrons. The third-order valence-corrected chi connectivity index (χ3v) is 5.29. The summed E-state index contributed by atoms with van der Waals surface area (Å²) in [5.41, 5.74) is 1.17. The van der Waals surface area contributed by atoms with Crippen LogP contribution in [0.5, 0.6) is 0 Å². The van der Waals surface area contributed by atoms with Gasteiger partial charge in [-0.1, -0.05) is 0 Å². The molecule has 3 aromatic rings. The van der Waals surface area contributed by atoms with Gasteiger partial charge in [0.2, 0.25) is 0 Å². The van der Waals surface area contributed by atoms with Crippen molar-refractivity contribution in [1.29, 1.82) is 0 Å². The highest BCUT2D eigenvalue weighted by Gasteiger charge is 2.19. The molecule has 0 fully saturated rings. The molecule has 0 unspecified atom stereocenters. The summed E-state index contributed by atoms with van der Waals surface area (Å²) in [6.07, 6.45) is 0. The van der Waals surface area contributed by atoms with Crippen LogP contribution in [0.1, 0.15) is 12.5 Å². The molecule has 0 aliphatic carbocycles. The van der Waals surface area contributed by atoms with E-state index in [0.29, 0.717) is 17.6 Å². The summed E-state index contributed by atoms with van der Waals surface area (Å²) >= 11 is 0. The van der Waals surface area contributed by atoms with E-state index in [9.17, 15) is 23.3 Å². The maximum absolute atomic E-state index is 12.6. The van der Waals surface area contributed by atoms with Crippen molar-refractivity contribution in [2.75, 3.05) is 4.72 Å². The van der Waals surface area contributed by atoms with Crippen LogP contribution in [-0.2, 0) is 16.6 Å². The van der Waals surface area contributed by atoms with Crippen LogP contribution >= 0.6 is 0 Å². The Labute approximate surface area is 148 Å². The zero-order chi connectivity index (χ0) is 19.1. The molecule has 10 heteroatoms. The summed E-state index contributed by atoms with van der Waals surface area (Å²) in [5.74, 6) is -0.559. The highest BCUT2D eigenvalue weighted by atomic mass is 32.2. The van der Waals surface area contributed by atoms with Gasteiger partial charge in [0.25, 0.3) is 15.7 Å². The van der Waals surface area contributed by atoms with Crippen LogP contribution < -0.4 is 10.5 Å². The summed E-state index contributed by atoms with van der Waals surface area (Å²) in [5, 5.41) is 10.8. The Balaban J connectivity index is 1.99. The molecule has 0 saturated carbocycles. The zero-order valence-electron chi connectivity index (χ0n) is 13.9. The lowest BCUT2D eigenvalue weighted by Gasteiger charge is -2.10. The fourth-order valence-electron chi connectivity index (χ4n) is 2.59. The monoisotopic (exact) mass is 377 g/mol. The van der Waals surface area contributed by atoms with E-state index in [-0.39, 0.29) is 21.9 Å². The van der Waals surface area contributed by atoms with Crippen LogP contribution in [0.2, 0.25) is 0 Å². The number of fused-ring (bicyclic) bond motifs is 1. The molecule has 9 nitrogen and oxygen atoms in total. The number of rotatable bonds is 5. The van der Waals surface area contributed by atoms with Crippen molar-refractivity contribution in [1.82, 2.24) is 4.57 Å². The molecule has 3 rings (SSSR count). The van der Waals surface area contributed by atoms with E-state index in [2.05, 4.69) is 4.72 Å². The lowest BCUT2D eigenvalue weighted by atomic mass is 10.2. The fourth-order valence-corrected chi connectivity index (χ4v) is 3.74. The SMILES string of the molecule is CCn1c(=O)oc2cc(S(=O)(=O)Nc3ccc([N+](=O)[O-])cc3C)ccc21. The van der Waals surface area contributed by atoms with Gasteiger partial charge in [-0.25, -0.2) is 13.2 Å². The minimum Gasteiger partial charge on any atom is -0.408 e. The highest BCUT2D eigenvalue weighted by molar-refractivity contribution is 7.92. The van der Waals surface area contributed by atoms with Crippen molar-refractivity contribution in [3.05, 3.63) is 62.6 Å². The second kappa shape index (κ2) is 6.30. The Hall–Kier alpha value is -3.14. The normalized spacial score (nSPS) is 11.6. The van der Waals surface area contributed by atoms with Crippen molar-refractivity contribution >= 4 is 32.5 Å². The van der Waals surface area contributed by atoms with E-state index in [1.54, 1.807) is 13.8 Å². The number of nitrogens with zero attached hydrogens (tertiary/aromatic N) is 2. The molecular formula is C16H15N3O6S. The number of aryl methyl sites for hydroxylation is 2. The fraction of sp³-hybridized carbons (Fsp3) is 0.188. The molecule has 0 aliphatic rings. The number of anilines is 1. The van der Waals surface area contributed by atoms with Gasteiger partial charge in [0.05, 0.1) is 21.0 Å². The molecule has 2 aromatic carbocycles. The average Bonchev–Trinajstić information content (AvgIpc) is 2.90. The number of oxazole rings is 1. The molecule has 1 aromatic heterocycles. The number of nitro groups is 1. The van der Waals surface area contributed by atoms with Crippen molar-refractivity contribution in [3.8, 4) is 0 Å². The van der Waals surface area contributed by atoms with E-state index in [1.807, 2.05) is 0 Å². The number of benzene rings is 2. The summed E-state index contributed by atoms with van der Waals surface area (Å²) in [6.45, 7) is 3.74. The van der Waals surface area contributed by atoms with Crippen molar-refractivity contribution < 1.29 is 17.8 Å². The minimum atomic E-state index is -3.96. The molecular weight excluding hydrogens is 362 g/mol. The van der Waals surface area contributed by atoms with E-state index in [0.717, 1.165) is 0 Å². The Morgan fingerprint density at radius 1 is 1.23 bits per heavy atom. The van der Waals surface area contributed by atoms with Crippen LogP contribution in [0, 0.1) is 17.0 Å². The Morgan fingerprint density at radius 2 is 1.96 bits per heavy atom. The maximum Gasteiger partial charge on any atom is 0.419 e. The number of sulfonamides is 1. The number of non-ortho nitro benzene ring substituents is 1. The van der Waals surface area contributed by atoms with Crippen molar-refractivity contribution in [2.24, 2.45) is 0 Å². The number of hydrogen-bond donors (Lipinski definition) is 1. The van der Waals surface area contributed by atoms with Gasteiger partial charge in [-0.2, -0.15) is 0 Å². The van der Waals surface area contributed by atoms with E-state index in [4.69, 9.17) is 4.42 Å². The molecule has 136 valence electrons. The van der Waals surface area contributed by atoms with Gasteiger partial charge < -0.3 is 4.42 Å².